The predicted molar refractivity (Wildman–Crippen MR) is 68.0 cm³/mol. The Hall–Kier alpha value is -2.04. The number of amides is 1. The Labute approximate surface area is 106 Å². The number of carbonyl (C=O) groups is 2. The zero-order valence-electron chi connectivity index (χ0n) is 10.7. The molecular weight excluding hydrogens is 234 g/mol. The van der Waals surface area contributed by atoms with E-state index in [2.05, 4.69) is 19.2 Å². The zero-order valence-corrected chi connectivity index (χ0v) is 10.7. The summed E-state index contributed by atoms with van der Waals surface area (Å²) in [6.07, 6.45) is -0.560. The number of anilines is 1. The highest BCUT2D eigenvalue weighted by atomic mass is 16.5. The van der Waals surface area contributed by atoms with Crippen LogP contribution in [0.3, 0.4) is 0 Å². The molecule has 0 aromatic heterocycles. The first kappa shape index (κ1) is 14.0. The summed E-state index contributed by atoms with van der Waals surface area (Å²) in [5, 5.41) is 11.0. The van der Waals surface area contributed by atoms with Gasteiger partial charge in [0.05, 0.1) is 12.8 Å². The predicted octanol–water partition coefficient (Wildman–Crippen LogP) is 2.23. The van der Waals surface area contributed by atoms with E-state index in [1.807, 2.05) is 12.1 Å². The Balaban J connectivity index is 2.89. The third kappa shape index (κ3) is 3.76. The Bertz CT molecular complexity index is 454. The van der Waals surface area contributed by atoms with Crippen LogP contribution in [-0.2, 0) is 9.59 Å². The van der Waals surface area contributed by atoms with Gasteiger partial charge < -0.3 is 15.2 Å². The lowest BCUT2D eigenvalue weighted by atomic mass is 10.0. The average Bonchev–Trinajstić information content (AvgIpc) is 2.27. The van der Waals surface area contributed by atoms with E-state index in [0.717, 1.165) is 5.56 Å². The maximum absolute atomic E-state index is 11.4. The molecule has 0 atom stereocenters. The highest BCUT2D eigenvalue weighted by Gasteiger charge is 2.12. The Morgan fingerprint density at radius 3 is 2.56 bits per heavy atom. The first-order valence-corrected chi connectivity index (χ1v) is 5.63. The number of aliphatic carboxylic acids is 1. The van der Waals surface area contributed by atoms with E-state index < -0.39 is 18.3 Å². The second-order valence-corrected chi connectivity index (χ2v) is 4.23. The van der Waals surface area contributed by atoms with Crippen LogP contribution in [0.1, 0.15) is 31.7 Å². The largest absolute Gasteiger partial charge is 0.495 e. The number of carbonyl (C=O) groups excluding carboxylic acids is 1. The van der Waals surface area contributed by atoms with Crippen LogP contribution in [-0.4, -0.2) is 24.1 Å². The van der Waals surface area contributed by atoms with Crippen LogP contribution in [0.4, 0.5) is 5.69 Å². The molecule has 5 heteroatoms. The van der Waals surface area contributed by atoms with Gasteiger partial charge in [0.25, 0.3) is 0 Å². The van der Waals surface area contributed by atoms with Gasteiger partial charge in [0.2, 0.25) is 5.91 Å². The summed E-state index contributed by atoms with van der Waals surface area (Å²) in [6.45, 7) is 4.11. The number of carboxylic acids is 1. The molecule has 0 heterocycles. The van der Waals surface area contributed by atoms with E-state index in [-0.39, 0.29) is 0 Å². The number of methoxy groups -OCH3 is 1. The van der Waals surface area contributed by atoms with Gasteiger partial charge in [-0.05, 0) is 23.6 Å². The summed E-state index contributed by atoms with van der Waals surface area (Å²) in [7, 11) is 1.51. The molecule has 18 heavy (non-hydrogen) atoms. The van der Waals surface area contributed by atoms with Crippen LogP contribution in [0.15, 0.2) is 18.2 Å². The Morgan fingerprint density at radius 2 is 2.06 bits per heavy atom. The maximum atomic E-state index is 11.4. The molecule has 1 aromatic rings. The van der Waals surface area contributed by atoms with Crippen LogP contribution >= 0.6 is 0 Å². The topological polar surface area (TPSA) is 75.6 Å². The molecule has 0 spiro atoms. The second kappa shape index (κ2) is 6.05. The molecule has 0 aliphatic heterocycles. The minimum Gasteiger partial charge on any atom is -0.495 e. The maximum Gasteiger partial charge on any atom is 0.312 e. The molecule has 1 amide bonds. The van der Waals surface area contributed by atoms with Crippen molar-refractivity contribution in [2.75, 3.05) is 12.4 Å². The Morgan fingerprint density at radius 1 is 1.39 bits per heavy atom. The molecule has 2 N–H and O–H groups in total. The van der Waals surface area contributed by atoms with Crippen LogP contribution < -0.4 is 10.1 Å². The van der Waals surface area contributed by atoms with E-state index in [1.54, 1.807) is 6.07 Å². The summed E-state index contributed by atoms with van der Waals surface area (Å²) < 4.78 is 5.18. The van der Waals surface area contributed by atoms with Crippen molar-refractivity contribution < 1.29 is 19.4 Å². The minimum absolute atomic E-state index is 0.350. The summed E-state index contributed by atoms with van der Waals surface area (Å²) in [5.41, 5.74) is 1.57. The fraction of sp³-hybridized carbons (Fsp3) is 0.385. The SMILES string of the molecule is COc1cc(C(C)C)ccc1NC(=O)CC(=O)O. The number of rotatable bonds is 5. The van der Waals surface area contributed by atoms with Gasteiger partial charge >= 0.3 is 5.97 Å². The summed E-state index contributed by atoms with van der Waals surface area (Å²) in [4.78, 5) is 21.8. The summed E-state index contributed by atoms with van der Waals surface area (Å²) >= 11 is 0. The third-order valence-electron chi connectivity index (χ3n) is 2.48. The second-order valence-electron chi connectivity index (χ2n) is 4.23. The quantitative estimate of drug-likeness (QED) is 0.787. The van der Waals surface area contributed by atoms with Crippen molar-refractivity contribution >= 4 is 17.6 Å². The molecule has 5 nitrogen and oxygen atoms in total. The lowest BCUT2D eigenvalue weighted by Gasteiger charge is -2.13. The molecular formula is C13H17NO4. The van der Waals surface area contributed by atoms with E-state index in [0.29, 0.717) is 17.4 Å². The van der Waals surface area contributed by atoms with Crippen molar-refractivity contribution in [3.8, 4) is 5.75 Å². The molecule has 98 valence electrons. The summed E-state index contributed by atoms with van der Waals surface area (Å²) in [5.74, 6) is -0.856. The number of benzene rings is 1. The van der Waals surface area contributed by atoms with Crippen LogP contribution in [0, 0.1) is 0 Å². The van der Waals surface area contributed by atoms with Crippen molar-refractivity contribution in [3.63, 3.8) is 0 Å². The van der Waals surface area contributed by atoms with Crippen LogP contribution in [0.25, 0.3) is 0 Å². The molecule has 0 aliphatic rings. The van der Waals surface area contributed by atoms with Crippen molar-refractivity contribution in [2.45, 2.75) is 26.2 Å². The molecule has 0 aliphatic carbocycles. The number of nitrogens with one attached hydrogen (secondary N) is 1. The van der Waals surface area contributed by atoms with Gasteiger partial charge in [-0.3, -0.25) is 9.59 Å². The molecule has 0 saturated heterocycles. The Kier molecular flexibility index (Phi) is 4.71. The van der Waals surface area contributed by atoms with E-state index in [9.17, 15) is 9.59 Å². The fourth-order valence-corrected chi connectivity index (χ4v) is 1.50. The number of ether oxygens (including phenoxy) is 1. The van der Waals surface area contributed by atoms with Crippen molar-refractivity contribution in [2.24, 2.45) is 0 Å². The minimum atomic E-state index is -1.16. The fourth-order valence-electron chi connectivity index (χ4n) is 1.50. The smallest absolute Gasteiger partial charge is 0.312 e. The first-order chi connectivity index (χ1) is 8.43. The molecule has 0 unspecified atom stereocenters. The highest BCUT2D eigenvalue weighted by molar-refractivity contribution is 6.02. The standard InChI is InChI=1S/C13H17NO4/c1-8(2)9-4-5-10(11(6-9)18-3)14-12(15)7-13(16)17/h4-6,8H,7H2,1-3H3,(H,14,15)(H,16,17). The van der Waals surface area contributed by atoms with Crippen LogP contribution in [0.2, 0.25) is 0 Å². The van der Waals surface area contributed by atoms with Gasteiger partial charge in [0.1, 0.15) is 12.2 Å². The van der Waals surface area contributed by atoms with Gasteiger partial charge in [-0.1, -0.05) is 19.9 Å². The van der Waals surface area contributed by atoms with Crippen LogP contribution in [0.5, 0.6) is 5.75 Å². The average molecular weight is 251 g/mol. The van der Waals surface area contributed by atoms with Gasteiger partial charge in [-0.25, -0.2) is 0 Å². The highest BCUT2D eigenvalue weighted by Crippen LogP contribution is 2.28. The van der Waals surface area contributed by atoms with Crippen molar-refractivity contribution in [1.29, 1.82) is 0 Å². The zero-order chi connectivity index (χ0) is 13.7. The summed E-state index contributed by atoms with van der Waals surface area (Å²) in [6, 6.07) is 5.43. The van der Waals surface area contributed by atoms with E-state index in [1.165, 1.54) is 7.11 Å². The molecule has 0 fully saturated rings. The van der Waals surface area contributed by atoms with E-state index >= 15 is 0 Å². The van der Waals surface area contributed by atoms with Gasteiger partial charge in [-0.15, -0.1) is 0 Å². The first-order valence-electron chi connectivity index (χ1n) is 5.63. The third-order valence-corrected chi connectivity index (χ3v) is 2.48. The number of carboxylic acid groups (broad SMARTS) is 1. The van der Waals surface area contributed by atoms with Crippen molar-refractivity contribution in [1.82, 2.24) is 0 Å². The number of hydrogen-bond donors (Lipinski definition) is 2. The monoisotopic (exact) mass is 251 g/mol. The van der Waals surface area contributed by atoms with Gasteiger partial charge in [0.15, 0.2) is 0 Å². The van der Waals surface area contributed by atoms with E-state index in [4.69, 9.17) is 9.84 Å². The molecule has 0 radical (unpaired) electrons. The molecule has 0 bridgehead atoms. The molecule has 0 saturated carbocycles. The molecule has 1 aromatic carbocycles. The van der Waals surface area contributed by atoms with Crippen molar-refractivity contribution in [3.05, 3.63) is 23.8 Å². The normalized spacial score (nSPS) is 10.2. The lowest BCUT2D eigenvalue weighted by molar-refractivity contribution is -0.139. The molecule has 1 rings (SSSR count). The van der Waals surface area contributed by atoms with Gasteiger partial charge in [0, 0.05) is 0 Å². The lowest BCUT2D eigenvalue weighted by Crippen LogP contribution is -2.16. The van der Waals surface area contributed by atoms with Gasteiger partial charge in [-0.2, -0.15) is 0 Å². The number of hydrogen-bond acceptors (Lipinski definition) is 3.